The first-order valence-electron chi connectivity index (χ1n) is 36.5. The maximum absolute atomic E-state index is 13.0. The van der Waals surface area contributed by atoms with Crippen molar-refractivity contribution in [3.63, 3.8) is 0 Å². The number of phosphoric acid groups is 2. The summed E-state index contributed by atoms with van der Waals surface area (Å²) in [5, 5.41) is 10.6. The zero-order valence-electron chi connectivity index (χ0n) is 57.7. The van der Waals surface area contributed by atoms with Gasteiger partial charge in [0.05, 0.1) is 26.4 Å². The van der Waals surface area contributed by atoms with Gasteiger partial charge >= 0.3 is 39.5 Å². The zero-order chi connectivity index (χ0) is 65.7. The Morgan fingerprint density at radius 1 is 0.303 bits per heavy atom. The highest BCUT2D eigenvalue weighted by atomic mass is 31.2. The maximum atomic E-state index is 13.0. The molecule has 0 aromatic rings. The van der Waals surface area contributed by atoms with Crippen molar-refractivity contribution in [3.8, 4) is 0 Å². The average molecular weight is 1310 g/mol. The molecule has 0 aromatic carbocycles. The van der Waals surface area contributed by atoms with Crippen molar-refractivity contribution in [2.75, 3.05) is 39.6 Å². The Hall–Kier alpha value is -1.94. The Kier molecular flexibility index (Phi) is 60.8. The van der Waals surface area contributed by atoms with Crippen molar-refractivity contribution in [1.82, 2.24) is 0 Å². The van der Waals surface area contributed by atoms with E-state index in [-0.39, 0.29) is 25.7 Å². The van der Waals surface area contributed by atoms with E-state index in [2.05, 4.69) is 41.5 Å². The molecule has 0 heterocycles. The van der Waals surface area contributed by atoms with Crippen molar-refractivity contribution in [3.05, 3.63) is 0 Å². The van der Waals surface area contributed by atoms with Gasteiger partial charge in [-0.05, 0) is 37.5 Å². The largest absolute Gasteiger partial charge is 0.472 e. The van der Waals surface area contributed by atoms with Gasteiger partial charge in [0.25, 0.3) is 0 Å². The third-order valence-corrected chi connectivity index (χ3v) is 18.1. The number of hydrogen-bond donors (Lipinski definition) is 3. The van der Waals surface area contributed by atoms with E-state index in [1.807, 2.05) is 0 Å². The molecule has 89 heavy (non-hydrogen) atoms. The number of carbonyl (C=O) groups is 4. The quantitative estimate of drug-likeness (QED) is 0.0222. The lowest BCUT2D eigenvalue weighted by Gasteiger charge is -2.21. The predicted molar refractivity (Wildman–Crippen MR) is 358 cm³/mol. The van der Waals surface area contributed by atoms with Gasteiger partial charge in [-0.3, -0.25) is 37.3 Å². The molecule has 0 radical (unpaired) electrons. The lowest BCUT2D eigenvalue weighted by molar-refractivity contribution is -0.161. The second-order valence-electron chi connectivity index (χ2n) is 26.2. The summed E-state index contributed by atoms with van der Waals surface area (Å²) in [6, 6.07) is 0. The SMILES string of the molecule is CCCCCCCCCCCCCC(=O)O[C@H](COC(=O)CCCCCCCCCC)COP(=O)(O)OC[C@H](O)COP(=O)(O)OC[C@@H](COC(=O)CCCCCCCCCCCCC(C)C)OC(=O)CCCCCCCCCCCCCCCCC(C)C. The fourth-order valence-electron chi connectivity index (χ4n) is 10.6. The van der Waals surface area contributed by atoms with E-state index in [0.717, 1.165) is 108 Å². The summed E-state index contributed by atoms with van der Waals surface area (Å²) in [5.74, 6) is -0.572. The Labute approximate surface area is 543 Å². The lowest BCUT2D eigenvalue weighted by atomic mass is 10.0. The van der Waals surface area contributed by atoms with Crippen LogP contribution in [0.5, 0.6) is 0 Å². The minimum atomic E-state index is -4.95. The molecule has 3 N–H and O–H groups in total. The summed E-state index contributed by atoms with van der Waals surface area (Å²) < 4.78 is 68.2. The highest BCUT2D eigenvalue weighted by Gasteiger charge is 2.30. The van der Waals surface area contributed by atoms with Crippen molar-refractivity contribution in [2.45, 2.75) is 374 Å². The Morgan fingerprint density at radius 3 is 0.764 bits per heavy atom. The molecule has 0 aliphatic heterocycles. The maximum Gasteiger partial charge on any atom is 0.472 e. The highest BCUT2D eigenvalue weighted by molar-refractivity contribution is 7.47. The molecule has 0 fully saturated rings. The number of esters is 4. The monoisotopic (exact) mass is 1310 g/mol. The molecular weight excluding hydrogens is 1170 g/mol. The molecular formula is C70H136O17P2. The zero-order valence-corrected chi connectivity index (χ0v) is 59.5. The van der Waals surface area contributed by atoms with Crippen LogP contribution >= 0.6 is 15.6 Å². The standard InChI is InChI=1S/C70H136O17P2/c1-7-9-11-13-15-17-22-30-36-42-48-54-69(74)86-65(58-80-67(72)52-46-40-34-16-14-12-10-8-2)60-84-88(76,77)82-56-64(71)57-83-89(78,79)85-61-66(59-81-68(73)53-47-41-35-29-26-25-28-33-39-45-51-63(5)6)87-70(75)55-49-43-37-31-24-21-19-18-20-23-27-32-38-44-50-62(3)4/h62-66,71H,7-61H2,1-6H3,(H,76,77)(H,78,79)/t64-,65+,66+/m0/s1. The molecule has 0 amide bonds. The van der Waals surface area contributed by atoms with Crippen molar-refractivity contribution >= 4 is 39.5 Å². The Morgan fingerprint density at radius 2 is 0.517 bits per heavy atom. The molecule has 0 saturated carbocycles. The van der Waals surface area contributed by atoms with E-state index in [9.17, 15) is 43.2 Å². The second-order valence-corrected chi connectivity index (χ2v) is 29.1. The average Bonchev–Trinajstić information content (AvgIpc) is 3.65. The van der Waals surface area contributed by atoms with E-state index < -0.39 is 97.5 Å². The fraction of sp³-hybridized carbons (Fsp3) is 0.943. The third-order valence-electron chi connectivity index (χ3n) is 16.2. The molecule has 2 unspecified atom stereocenters. The van der Waals surface area contributed by atoms with Crippen LogP contribution in [0.1, 0.15) is 356 Å². The molecule has 0 spiro atoms. The van der Waals surface area contributed by atoms with Gasteiger partial charge in [0.15, 0.2) is 12.2 Å². The number of unbranched alkanes of at least 4 members (excludes halogenated alkanes) is 39. The van der Waals surface area contributed by atoms with Gasteiger partial charge in [-0.25, -0.2) is 9.13 Å². The third kappa shape index (κ3) is 64.6. The van der Waals surface area contributed by atoms with Crippen molar-refractivity contribution < 1.29 is 80.2 Å². The summed E-state index contributed by atoms with van der Waals surface area (Å²) in [5.41, 5.74) is 0. The lowest BCUT2D eigenvalue weighted by Crippen LogP contribution is -2.30. The summed E-state index contributed by atoms with van der Waals surface area (Å²) in [7, 11) is -9.90. The predicted octanol–water partition coefficient (Wildman–Crippen LogP) is 20.0. The fourth-order valence-corrected chi connectivity index (χ4v) is 12.2. The molecule has 0 rings (SSSR count). The molecule has 0 aliphatic rings. The first-order chi connectivity index (χ1) is 42.9. The van der Waals surface area contributed by atoms with Gasteiger partial charge in [0.1, 0.15) is 19.3 Å². The van der Waals surface area contributed by atoms with E-state index in [4.69, 9.17) is 37.0 Å². The normalized spacial score (nSPS) is 14.1. The topological polar surface area (TPSA) is 237 Å². The summed E-state index contributed by atoms with van der Waals surface area (Å²) >= 11 is 0. The van der Waals surface area contributed by atoms with Crippen molar-refractivity contribution in [2.24, 2.45) is 11.8 Å². The number of rotatable bonds is 69. The smallest absolute Gasteiger partial charge is 0.462 e. The van der Waals surface area contributed by atoms with E-state index in [0.29, 0.717) is 25.7 Å². The van der Waals surface area contributed by atoms with Gasteiger partial charge in [-0.15, -0.1) is 0 Å². The van der Waals surface area contributed by atoms with Crippen molar-refractivity contribution in [1.29, 1.82) is 0 Å². The van der Waals surface area contributed by atoms with Gasteiger partial charge < -0.3 is 33.8 Å². The van der Waals surface area contributed by atoms with Gasteiger partial charge in [0.2, 0.25) is 0 Å². The van der Waals surface area contributed by atoms with Crippen LogP contribution in [-0.2, 0) is 65.4 Å². The molecule has 17 nitrogen and oxygen atoms in total. The van der Waals surface area contributed by atoms with E-state index in [1.165, 1.54) is 167 Å². The molecule has 0 aromatic heterocycles. The Balaban J connectivity index is 5.22. The number of ether oxygens (including phenoxy) is 4. The van der Waals surface area contributed by atoms with Crippen LogP contribution in [0.3, 0.4) is 0 Å². The minimum absolute atomic E-state index is 0.107. The number of aliphatic hydroxyl groups is 1. The molecule has 528 valence electrons. The second kappa shape index (κ2) is 62.2. The van der Waals surface area contributed by atoms with E-state index in [1.54, 1.807) is 0 Å². The van der Waals surface area contributed by atoms with Crippen LogP contribution in [-0.4, -0.2) is 96.7 Å². The Bertz CT molecular complexity index is 1730. The molecule has 19 heteroatoms. The number of aliphatic hydroxyl groups excluding tert-OH is 1. The molecule has 0 bridgehead atoms. The van der Waals surface area contributed by atoms with Crippen LogP contribution in [0.2, 0.25) is 0 Å². The number of hydrogen-bond acceptors (Lipinski definition) is 15. The number of phosphoric ester groups is 2. The first kappa shape index (κ1) is 87.1. The van der Waals surface area contributed by atoms with Crippen LogP contribution in [0.15, 0.2) is 0 Å². The van der Waals surface area contributed by atoms with Gasteiger partial charge in [-0.1, -0.05) is 305 Å². The van der Waals surface area contributed by atoms with Crippen LogP contribution in [0.25, 0.3) is 0 Å². The summed E-state index contributed by atoms with van der Waals surface area (Å²) in [4.78, 5) is 72.4. The van der Waals surface area contributed by atoms with E-state index >= 15 is 0 Å². The highest BCUT2D eigenvalue weighted by Crippen LogP contribution is 2.45. The summed E-state index contributed by atoms with van der Waals surface area (Å²) in [6.45, 7) is 9.54. The summed E-state index contributed by atoms with van der Waals surface area (Å²) in [6.07, 6.45) is 47.2. The minimum Gasteiger partial charge on any atom is -0.462 e. The molecule has 0 saturated heterocycles. The van der Waals surface area contributed by atoms with Crippen LogP contribution in [0.4, 0.5) is 0 Å². The molecule has 5 atom stereocenters. The van der Waals surface area contributed by atoms with Crippen LogP contribution in [0, 0.1) is 11.8 Å². The van der Waals surface area contributed by atoms with Crippen LogP contribution < -0.4 is 0 Å². The first-order valence-corrected chi connectivity index (χ1v) is 39.5. The molecule has 0 aliphatic carbocycles. The van der Waals surface area contributed by atoms with Gasteiger partial charge in [0, 0.05) is 25.7 Å². The van der Waals surface area contributed by atoms with Gasteiger partial charge in [-0.2, -0.15) is 0 Å². The number of carbonyl (C=O) groups excluding carboxylic acids is 4.